The number of rotatable bonds is 2. The van der Waals surface area contributed by atoms with E-state index >= 15 is 4.57 Å². The first-order valence-corrected chi connectivity index (χ1v) is 19.6. The lowest BCUT2D eigenvalue weighted by Gasteiger charge is -2.35. The summed E-state index contributed by atoms with van der Waals surface area (Å²) in [6, 6.07) is 58.7. The highest BCUT2D eigenvalue weighted by Crippen LogP contribution is 2.59. The van der Waals surface area contributed by atoms with Crippen molar-refractivity contribution in [3.05, 3.63) is 170 Å². The highest BCUT2D eigenvalue weighted by atomic mass is 31.2. The van der Waals surface area contributed by atoms with Crippen molar-refractivity contribution in [2.24, 2.45) is 0 Å². The van der Waals surface area contributed by atoms with Crippen LogP contribution in [-0.2, 0) is 4.57 Å². The van der Waals surface area contributed by atoms with E-state index in [9.17, 15) is 0 Å². The van der Waals surface area contributed by atoms with Gasteiger partial charge in [0, 0.05) is 16.5 Å². The number of para-hydroxylation sites is 3. The molecule has 0 saturated heterocycles. The molecule has 0 saturated carbocycles. The molecule has 2 aliphatic heterocycles. The van der Waals surface area contributed by atoms with E-state index < -0.39 is 7.14 Å². The molecule has 0 spiro atoms. The molecule has 12 rings (SSSR count). The quantitative estimate of drug-likeness (QED) is 0.133. The number of nitrogens with zero attached hydrogens (tertiary/aromatic N) is 1. The van der Waals surface area contributed by atoms with Crippen LogP contribution < -0.4 is 25.4 Å². The monoisotopic (exact) mass is 697 g/mol. The Balaban J connectivity index is 1.06. The van der Waals surface area contributed by atoms with Crippen molar-refractivity contribution in [1.29, 1.82) is 0 Å². The van der Waals surface area contributed by atoms with Crippen molar-refractivity contribution in [2.45, 2.75) is 0 Å². The van der Waals surface area contributed by atoms with Crippen molar-refractivity contribution in [1.82, 2.24) is 4.57 Å². The zero-order valence-corrected chi connectivity index (χ0v) is 29.2. The van der Waals surface area contributed by atoms with Crippen LogP contribution in [0.1, 0.15) is 0 Å². The van der Waals surface area contributed by atoms with Gasteiger partial charge in [-0.05, 0) is 104 Å². The van der Waals surface area contributed by atoms with Gasteiger partial charge in [-0.2, -0.15) is 0 Å². The van der Waals surface area contributed by atoms with Crippen LogP contribution in [-0.4, -0.2) is 4.57 Å². The molecule has 5 heteroatoms. The maximum Gasteiger partial charge on any atom is 0.185 e. The molecular weight excluding hydrogens is 670 g/mol. The van der Waals surface area contributed by atoms with Gasteiger partial charge >= 0.3 is 0 Å². The van der Waals surface area contributed by atoms with E-state index in [1.165, 1.54) is 32.6 Å². The molecule has 2 aliphatic rings. The van der Waals surface area contributed by atoms with Crippen LogP contribution in [0.15, 0.2) is 170 Å². The summed E-state index contributed by atoms with van der Waals surface area (Å²) in [6.07, 6.45) is 0. The van der Waals surface area contributed by atoms with Gasteiger partial charge in [0.25, 0.3) is 0 Å². The van der Waals surface area contributed by atoms with Crippen molar-refractivity contribution >= 4 is 77.2 Å². The summed E-state index contributed by atoms with van der Waals surface area (Å²) in [5.74, 6) is 2.37. The van der Waals surface area contributed by atoms with Crippen LogP contribution in [0.25, 0.3) is 70.9 Å². The van der Waals surface area contributed by atoms with Crippen LogP contribution in [0, 0.1) is 0 Å². The maximum absolute atomic E-state index is 16.1. The normalized spacial score (nSPS) is 15.6. The van der Waals surface area contributed by atoms with Gasteiger partial charge in [-0.1, -0.05) is 109 Å². The molecule has 1 unspecified atom stereocenters. The van der Waals surface area contributed by atoms with E-state index in [0.717, 1.165) is 38.4 Å². The summed E-state index contributed by atoms with van der Waals surface area (Å²) in [5.41, 5.74) is 5.36. The van der Waals surface area contributed by atoms with Gasteiger partial charge in [-0.25, -0.2) is 0 Å². The zero-order chi connectivity index (χ0) is 34.8. The number of hydrogen-bond donors (Lipinski definition) is 0. The lowest BCUT2D eigenvalue weighted by molar-refractivity contribution is 0.462. The molecule has 1 atom stereocenters. The summed E-state index contributed by atoms with van der Waals surface area (Å²) in [5, 5.41) is 11.3. The standard InChI is InChI=1S/C48H28NO3P/c50-53-46-20-10-9-19-42(46)51-44-25-30(29-21-23-31(24-22-29)49-40-17-7-5-15-36(40)37-16-6-8-18-41(37)49)26-45(48(44)53)52-43-27-38-34-13-3-1-11-32(34)33-12-2-4-14-35(33)39(38)28-47(43)53/h1-28H. The third-order valence-electron chi connectivity index (χ3n) is 11.2. The van der Waals surface area contributed by atoms with Gasteiger partial charge in [0.05, 0.1) is 21.6 Å². The lowest BCUT2D eigenvalue weighted by atomic mass is 9.94. The van der Waals surface area contributed by atoms with Gasteiger partial charge in [-0.15, -0.1) is 0 Å². The van der Waals surface area contributed by atoms with Crippen molar-refractivity contribution in [3.8, 4) is 39.8 Å². The van der Waals surface area contributed by atoms with Gasteiger partial charge in [0.1, 0.15) is 28.3 Å². The molecule has 0 fully saturated rings. The molecule has 3 heterocycles. The summed E-state index contributed by atoms with van der Waals surface area (Å²) in [7, 11) is -3.41. The number of ether oxygens (including phenoxy) is 2. The molecule has 1 aromatic heterocycles. The van der Waals surface area contributed by atoms with E-state index in [2.05, 4.69) is 138 Å². The molecule has 0 amide bonds. The van der Waals surface area contributed by atoms with Crippen LogP contribution in [0.3, 0.4) is 0 Å². The minimum absolute atomic E-state index is 0.568. The zero-order valence-electron chi connectivity index (χ0n) is 28.3. The average Bonchev–Trinajstić information content (AvgIpc) is 3.55. The highest BCUT2D eigenvalue weighted by molar-refractivity contribution is 7.86. The third kappa shape index (κ3) is 3.88. The fourth-order valence-electron chi connectivity index (χ4n) is 8.88. The topological polar surface area (TPSA) is 40.5 Å². The molecule has 53 heavy (non-hydrogen) atoms. The van der Waals surface area contributed by atoms with Crippen LogP contribution in [0.4, 0.5) is 0 Å². The highest BCUT2D eigenvalue weighted by Gasteiger charge is 2.47. The van der Waals surface area contributed by atoms with Gasteiger partial charge < -0.3 is 18.6 Å². The summed E-state index contributed by atoms with van der Waals surface area (Å²) < 4.78 is 31.8. The molecule has 0 aliphatic carbocycles. The first-order chi connectivity index (χ1) is 26.1. The second-order valence-corrected chi connectivity index (χ2v) is 16.6. The van der Waals surface area contributed by atoms with Crippen LogP contribution in [0.5, 0.6) is 23.0 Å². The predicted molar refractivity (Wildman–Crippen MR) is 218 cm³/mol. The van der Waals surface area contributed by atoms with E-state index in [1.807, 2.05) is 36.4 Å². The first kappa shape index (κ1) is 29.0. The first-order valence-electron chi connectivity index (χ1n) is 17.9. The minimum atomic E-state index is -3.41. The second-order valence-electron chi connectivity index (χ2n) is 14.0. The SMILES string of the molecule is O=P12c3ccccc3Oc3cc(-c4ccc(-n5c6ccccc6c6ccccc65)cc4)cc(c31)Oc1cc3c4ccccc4c4ccccc4c3cc12. The molecule has 4 nitrogen and oxygen atoms in total. The number of aromatic nitrogens is 1. The van der Waals surface area contributed by atoms with Gasteiger partial charge in [-0.3, -0.25) is 0 Å². The Morgan fingerprint density at radius 2 is 0.868 bits per heavy atom. The largest absolute Gasteiger partial charge is 0.456 e. The van der Waals surface area contributed by atoms with Gasteiger partial charge in [0.15, 0.2) is 7.14 Å². The summed E-state index contributed by atoms with van der Waals surface area (Å²) in [6.45, 7) is 0. The Morgan fingerprint density at radius 3 is 1.49 bits per heavy atom. The minimum Gasteiger partial charge on any atom is -0.456 e. The van der Waals surface area contributed by atoms with E-state index in [-0.39, 0.29) is 0 Å². The van der Waals surface area contributed by atoms with Crippen molar-refractivity contribution < 1.29 is 14.0 Å². The molecule has 10 aromatic rings. The number of fused-ring (bicyclic) bond motifs is 13. The Bertz CT molecular complexity index is 3210. The Hall–Kier alpha value is -6.61. The summed E-state index contributed by atoms with van der Waals surface area (Å²) in [4.78, 5) is 0. The molecule has 248 valence electrons. The predicted octanol–water partition coefficient (Wildman–Crippen LogP) is 11.8. The van der Waals surface area contributed by atoms with E-state index in [1.54, 1.807) is 0 Å². The Kier molecular flexibility index (Phi) is 5.74. The van der Waals surface area contributed by atoms with Crippen molar-refractivity contribution in [3.63, 3.8) is 0 Å². The Morgan fingerprint density at radius 1 is 0.377 bits per heavy atom. The third-order valence-corrected chi connectivity index (χ3v) is 14.3. The Labute approximate surface area is 304 Å². The molecule has 9 aromatic carbocycles. The number of hydrogen-bond acceptors (Lipinski definition) is 3. The maximum atomic E-state index is 16.1. The average molecular weight is 698 g/mol. The fraction of sp³-hybridized carbons (Fsp3) is 0. The smallest absolute Gasteiger partial charge is 0.185 e. The van der Waals surface area contributed by atoms with Crippen LogP contribution in [0.2, 0.25) is 0 Å². The van der Waals surface area contributed by atoms with E-state index in [0.29, 0.717) is 38.9 Å². The van der Waals surface area contributed by atoms with Gasteiger partial charge in [0.2, 0.25) is 0 Å². The second kappa shape index (κ2) is 10.5. The van der Waals surface area contributed by atoms with Crippen molar-refractivity contribution in [2.75, 3.05) is 0 Å². The summed E-state index contributed by atoms with van der Waals surface area (Å²) >= 11 is 0. The molecule has 0 radical (unpaired) electrons. The fourth-order valence-corrected chi connectivity index (χ4v) is 11.9. The van der Waals surface area contributed by atoms with E-state index in [4.69, 9.17) is 9.47 Å². The van der Waals surface area contributed by atoms with Crippen LogP contribution >= 0.6 is 7.14 Å². The number of benzene rings is 9. The lowest BCUT2D eigenvalue weighted by Crippen LogP contribution is -2.35. The molecular formula is C48H28NO3P. The molecule has 0 bridgehead atoms. The molecule has 0 N–H and O–H groups in total.